The predicted molar refractivity (Wildman–Crippen MR) is 80.8 cm³/mol. The van der Waals surface area contributed by atoms with E-state index in [1.807, 2.05) is 28.6 Å². The number of thiophene rings is 1. The number of aromatic nitrogens is 1. The number of nitrogens with one attached hydrogen (secondary N) is 1. The highest BCUT2D eigenvalue weighted by molar-refractivity contribution is 8.01. The highest BCUT2D eigenvalue weighted by atomic mass is 32.2. The summed E-state index contributed by atoms with van der Waals surface area (Å²) in [5.41, 5.74) is 4.61. The Morgan fingerprint density at radius 2 is 2.44 bits per heavy atom. The normalized spacial score (nSPS) is 22.9. The third-order valence-corrected chi connectivity index (χ3v) is 6.14. The summed E-state index contributed by atoms with van der Waals surface area (Å²) in [6.45, 7) is 3.34. The summed E-state index contributed by atoms with van der Waals surface area (Å²) in [4.78, 5) is 4.32. The highest BCUT2D eigenvalue weighted by Crippen LogP contribution is 2.43. The summed E-state index contributed by atoms with van der Waals surface area (Å²) in [6.07, 6.45) is 2.26. The van der Waals surface area contributed by atoms with Gasteiger partial charge in [-0.1, -0.05) is 6.92 Å². The second kappa shape index (κ2) is 5.74. The molecule has 96 valence electrons. The van der Waals surface area contributed by atoms with Crippen LogP contribution >= 0.6 is 34.4 Å². The van der Waals surface area contributed by atoms with Crippen molar-refractivity contribution in [2.24, 2.45) is 0 Å². The van der Waals surface area contributed by atoms with E-state index in [0.29, 0.717) is 11.3 Å². The fraction of sp³-hybridized carbons (Fsp3) is 0.462. The van der Waals surface area contributed by atoms with Crippen molar-refractivity contribution in [2.75, 3.05) is 6.54 Å². The van der Waals surface area contributed by atoms with Crippen LogP contribution in [0.3, 0.4) is 0 Å². The van der Waals surface area contributed by atoms with Gasteiger partial charge < -0.3 is 5.32 Å². The molecule has 0 spiro atoms. The number of hydrogen-bond acceptors (Lipinski definition) is 5. The van der Waals surface area contributed by atoms with Crippen LogP contribution in [0, 0.1) is 0 Å². The van der Waals surface area contributed by atoms with E-state index in [0.717, 1.165) is 13.0 Å². The van der Waals surface area contributed by atoms with Gasteiger partial charge in [0.25, 0.3) is 0 Å². The number of thioether (sulfide) groups is 1. The minimum absolute atomic E-state index is 0.529. The van der Waals surface area contributed by atoms with Crippen LogP contribution in [0.4, 0.5) is 0 Å². The average molecular weight is 296 g/mol. The van der Waals surface area contributed by atoms with Crippen molar-refractivity contribution in [3.8, 4) is 0 Å². The maximum Gasteiger partial charge on any atom is 0.0794 e. The molecule has 1 aliphatic rings. The van der Waals surface area contributed by atoms with E-state index in [-0.39, 0.29) is 0 Å². The molecule has 0 fully saturated rings. The summed E-state index contributed by atoms with van der Waals surface area (Å²) in [6, 6.07) is 2.81. The van der Waals surface area contributed by atoms with E-state index in [1.165, 1.54) is 21.9 Å². The largest absolute Gasteiger partial charge is 0.309 e. The Labute approximate surface area is 120 Å². The molecule has 0 saturated carbocycles. The van der Waals surface area contributed by atoms with Gasteiger partial charge in [-0.2, -0.15) is 0 Å². The smallest absolute Gasteiger partial charge is 0.0794 e. The third kappa shape index (κ3) is 2.79. The molecule has 0 radical (unpaired) electrons. The maximum absolute atomic E-state index is 4.32. The van der Waals surface area contributed by atoms with Gasteiger partial charge in [-0.15, -0.1) is 34.4 Å². The Kier molecular flexibility index (Phi) is 4.03. The molecule has 0 amide bonds. The number of rotatable bonds is 4. The van der Waals surface area contributed by atoms with Crippen LogP contribution in [0.5, 0.6) is 0 Å². The lowest BCUT2D eigenvalue weighted by Crippen LogP contribution is -2.28. The summed E-state index contributed by atoms with van der Waals surface area (Å²) >= 11 is 5.57. The molecule has 2 nitrogen and oxygen atoms in total. The zero-order valence-corrected chi connectivity index (χ0v) is 12.7. The molecule has 0 bridgehead atoms. The van der Waals surface area contributed by atoms with Gasteiger partial charge in [0.15, 0.2) is 0 Å². The zero-order chi connectivity index (χ0) is 12.4. The molecule has 2 atom stereocenters. The molecule has 3 rings (SSSR count). The minimum atomic E-state index is 0.529. The lowest BCUT2D eigenvalue weighted by Gasteiger charge is -2.27. The van der Waals surface area contributed by atoms with Crippen molar-refractivity contribution >= 4 is 34.4 Å². The second-order valence-corrected chi connectivity index (χ2v) is 7.91. The molecule has 2 aromatic heterocycles. The number of nitrogens with zero attached hydrogens (tertiary/aromatic N) is 1. The summed E-state index contributed by atoms with van der Waals surface area (Å²) in [5, 5.41) is 8.76. The first-order valence-electron chi connectivity index (χ1n) is 6.17. The first-order chi connectivity index (χ1) is 8.83. The van der Waals surface area contributed by atoms with Crippen LogP contribution < -0.4 is 5.32 Å². The Morgan fingerprint density at radius 3 is 3.28 bits per heavy atom. The molecule has 0 aliphatic carbocycles. The van der Waals surface area contributed by atoms with Gasteiger partial charge in [0, 0.05) is 29.6 Å². The maximum atomic E-state index is 4.32. The number of thiazole rings is 1. The molecule has 5 heteroatoms. The third-order valence-electron chi connectivity index (χ3n) is 3.16. The fourth-order valence-electron chi connectivity index (χ4n) is 2.28. The van der Waals surface area contributed by atoms with Gasteiger partial charge in [0.05, 0.1) is 15.4 Å². The van der Waals surface area contributed by atoms with Crippen molar-refractivity contribution < 1.29 is 0 Å². The fourth-order valence-corrected chi connectivity index (χ4v) is 5.44. The summed E-state index contributed by atoms with van der Waals surface area (Å²) in [7, 11) is 0. The lowest BCUT2D eigenvalue weighted by molar-refractivity contribution is 0.491. The molecule has 1 unspecified atom stereocenters. The van der Waals surface area contributed by atoms with E-state index in [4.69, 9.17) is 0 Å². The van der Waals surface area contributed by atoms with Crippen LogP contribution in [0.25, 0.3) is 0 Å². The van der Waals surface area contributed by atoms with E-state index in [9.17, 15) is 0 Å². The van der Waals surface area contributed by atoms with Crippen molar-refractivity contribution in [1.82, 2.24) is 10.3 Å². The number of fused-ring (bicyclic) bond motifs is 1. The van der Waals surface area contributed by atoms with E-state index >= 15 is 0 Å². The molecular weight excluding hydrogens is 280 g/mol. The van der Waals surface area contributed by atoms with Crippen molar-refractivity contribution in [3.05, 3.63) is 33.6 Å². The van der Waals surface area contributed by atoms with Crippen molar-refractivity contribution in [2.45, 2.75) is 35.3 Å². The Hall–Kier alpha value is -0.360. The monoisotopic (exact) mass is 296 g/mol. The van der Waals surface area contributed by atoms with Crippen LogP contribution in [0.15, 0.2) is 26.5 Å². The molecule has 1 aliphatic heterocycles. The van der Waals surface area contributed by atoms with Crippen molar-refractivity contribution in [1.29, 1.82) is 0 Å². The number of hydrogen-bond donors (Lipinski definition) is 1. The van der Waals surface area contributed by atoms with Crippen molar-refractivity contribution in [3.63, 3.8) is 0 Å². The van der Waals surface area contributed by atoms with Crippen LogP contribution in [-0.4, -0.2) is 16.8 Å². The van der Waals surface area contributed by atoms with E-state index in [2.05, 4.69) is 34.1 Å². The van der Waals surface area contributed by atoms with E-state index in [1.54, 1.807) is 11.3 Å². The van der Waals surface area contributed by atoms with Gasteiger partial charge in [-0.25, -0.2) is 4.98 Å². The quantitative estimate of drug-likeness (QED) is 0.924. The Bertz CT molecular complexity index is 492. The molecule has 0 saturated heterocycles. The standard InChI is InChI=1S/C13H16N2S3/c1-9-6-12(11-3-5-17-13(11)18-9)14-4-2-10-7-16-8-15-10/h3,5,7-9,12,14H,2,4,6H2,1H3/t9-,12?/m0/s1. The van der Waals surface area contributed by atoms with Crippen LogP contribution in [0.2, 0.25) is 0 Å². The van der Waals surface area contributed by atoms with Gasteiger partial charge >= 0.3 is 0 Å². The molecule has 3 heterocycles. The molecule has 0 aromatic carbocycles. The minimum Gasteiger partial charge on any atom is -0.309 e. The van der Waals surface area contributed by atoms with Gasteiger partial charge in [-0.05, 0) is 23.4 Å². The first-order valence-corrected chi connectivity index (χ1v) is 8.87. The zero-order valence-electron chi connectivity index (χ0n) is 10.3. The molecule has 1 N–H and O–H groups in total. The molecule has 2 aromatic rings. The average Bonchev–Trinajstić information content (AvgIpc) is 2.98. The summed E-state index contributed by atoms with van der Waals surface area (Å²) in [5.74, 6) is 0. The Morgan fingerprint density at radius 1 is 1.50 bits per heavy atom. The Balaban J connectivity index is 1.60. The van der Waals surface area contributed by atoms with E-state index < -0.39 is 0 Å². The first kappa shape index (κ1) is 12.7. The molecule has 18 heavy (non-hydrogen) atoms. The van der Waals surface area contributed by atoms with Crippen LogP contribution in [0.1, 0.15) is 30.6 Å². The van der Waals surface area contributed by atoms with Gasteiger partial charge in [0.2, 0.25) is 0 Å². The van der Waals surface area contributed by atoms with Crippen LogP contribution in [-0.2, 0) is 6.42 Å². The van der Waals surface area contributed by atoms with Gasteiger partial charge in [-0.3, -0.25) is 0 Å². The topological polar surface area (TPSA) is 24.9 Å². The summed E-state index contributed by atoms with van der Waals surface area (Å²) < 4.78 is 1.50. The predicted octanol–water partition coefficient (Wildman–Crippen LogP) is 3.96. The highest BCUT2D eigenvalue weighted by Gasteiger charge is 2.25. The lowest BCUT2D eigenvalue weighted by atomic mass is 10.0. The second-order valence-electron chi connectivity index (χ2n) is 4.56. The molecular formula is C13H16N2S3. The van der Waals surface area contributed by atoms with Gasteiger partial charge in [0.1, 0.15) is 0 Å². The SMILES string of the molecule is C[C@H]1CC(NCCc2cscn2)c2ccsc2S1.